The monoisotopic (exact) mass is 285 g/mol. The summed E-state index contributed by atoms with van der Waals surface area (Å²) in [5.74, 6) is -0.238. The number of rotatable bonds is 3. The molecule has 1 N–H and O–H groups in total. The average molecular weight is 285 g/mol. The predicted molar refractivity (Wildman–Crippen MR) is 65.8 cm³/mol. The summed E-state index contributed by atoms with van der Waals surface area (Å²) in [5, 5.41) is 12.2. The van der Waals surface area contributed by atoms with Crippen molar-refractivity contribution in [3.63, 3.8) is 0 Å². The number of hydrogen-bond acceptors (Lipinski definition) is 4. The lowest BCUT2D eigenvalue weighted by Gasteiger charge is -2.31. The Hall–Kier alpha value is -1.78. The van der Waals surface area contributed by atoms with E-state index in [1.807, 2.05) is 4.90 Å². The van der Waals surface area contributed by atoms with E-state index < -0.39 is 6.36 Å². The maximum atomic E-state index is 12.0. The zero-order valence-electron chi connectivity index (χ0n) is 10.7. The molecule has 1 unspecified atom stereocenters. The molecule has 1 aliphatic rings. The van der Waals surface area contributed by atoms with Crippen molar-refractivity contribution >= 4 is 0 Å². The van der Waals surface area contributed by atoms with Crippen LogP contribution in [0, 0.1) is 11.3 Å². The maximum Gasteiger partial charge on any atom is 0.573 e. The van der Waals surface area contributed by atoms with Gasteiger partial charge in [-0.3, -0.25) is 4.90 Å². The van der Waals surface area contributed by atoms with Gasteiger partial charge in [0.2, 0.25) is 0 Å². The lowest BCUT2D eigenvalue weighted by atomic mass is 10.1. The Morgan fingerprint density at radius 1 is 1.35 bits per heavy atom. The summed E-state index contributed by atoms with van der Waals surface area (Å²) in [4.78, 5) is 2.00. The Kier molecular flexibility index (Phi) is 4.47. The van der Waals surface area contributed by atoms with Gasteiger partial charge in [0.15, 0.2) is 0 Å². The molecule has 1 heterocycles. The number of benzene rings is 1. The van der Waals surface area contributed by atoms with Crippen LogP contribution in [0.15, 0.2) is 24.3 Å². The zero-order chi connectivity index (χ0) is 14.6. The molecule has 0 aromatic heterocycles. The number of hydrogen-bond donors (Lipinski definition) is 1. The minimum Gasteiger partial charge on any atom is -0.406 e. The number of nitrogens with one attached hydrogen (secondary N) is 1. The molecule has 4 nitrogen and oxygen atoms in total. The van der Waals surface area contributed by atoms with Crippen LogP contribution >= 0.6 is 0 Å². The number of piperazine rings is 1. The summed E-state index contributed by atoms with van der Waals surface area (Å²) in [6, 6.07) is 7.72. The van der Waals surface area contributed by atoms with E-state index in [-0.39, 0.29) is 11.8 Å². The van der Waals surface area contributed by atoms with E-state index in [4.69, 9.17) is 5.26 Å². The molecule has 1 saturated heterocycles. The van der Waals surface area contributed by atoms with Gasteiger partial charge in [0, 0.05) is 26.2 Å². The lowest BCUT2D eigenvalue weighted by Crippen LogP contribution is -2.49. The number of nitrogens with zero attached hydrogens (tertiary/aromatic N) is 2. The van der Waals surface area contributed by atoms with Crippen molar-refractivity contribution in [1.82, 2.24) is 10.2 Å². The third-order valence-electron chi connectivity index (χ3n) is 3.05. The van der Waals surface area contributed by atoms with Crippen molar-refractivity contribution in [2.24, 2.45) is 0 Å². The van der Waals surface area contributed by atoms with Gasteiger partial charge in [-0.2, -0.15) is 5.26 Å². The number of alkyl halides is 3. The third kappa shape index (κ3) is 4.11. The van der Waals surface area contributed by atoms with Crippen molar-refractivity contribution in [3.05, 3.63) is 29.8 Å². The first-order valence-corrected chi connectivity index (χ1v) is 6.17. The summed E-state index contributed by atoms with van der Waals surface area (Å²) >= 11 is 0. The van der Waals surface area contributed by atoms with Crippen LogP contribution < -0.4 is 10.1 Å². The van der Waals surface area contributed by atoms with Crippen molar-refractivity contribution in [2.45, 2.75) is 18.9 Å². The third-order valence-corrected chi connectivity index (χ3v) is 3.05. The smallest absolute Gasteiger partial charge is 0.406 e. The molecule has 0 radical (unpaired) electrons. The maximum absolute atomic E-state index is 12.0. The molecule has 2 rings (SSSR count). The van der Waals surface area contributed by atoms with Crippen LogP contribution in [0.1, 0.15) is 5.56 Å². The molecule has 0 bridgehead atoms. The molecule has 1 atom stereocenters. The lowest BCUT2D eigenvalue weighted by molar-refractivity contribution is -0.274. The van der Waals surface area contributed by atoms with Crippen molar-refractivity contribution in [1.29, 1.82) is 5.26 Å². The van der Waals surface area contributed by atoms with Crippen molar-refractivity contribution < 1.29 is 17.9 Å². The molecule has 7 heteroatoms. The quantitative estimate of drug-likeness (QED) is 0.921. The molecule has 0 aliphatic carbocycles. The molecule has 20 heavy (non-hydrogen) atoms. The van der Waals surface area contributed by atoms with Crippen molar-refractivity contribution in [3.8, 4) is 11.8 Å². The van der Waals surface area contributed by atoms with Crippen LogP contribution in [0.5, 0.6) is 5.75 Å². The second-order valence-corrected chi connectivity index (χ2v) is 4.51. The highest BCUT2D eigenvalue weighted by Gasteiger charge is 2.31. The summed E-state index contributed by atoms with van der Waals surface area (Å²) in [6.07, 6.45) is -4.67. The van der Waals surface area contributed by atoms with Gasteiger partial charge in [-0.15, -0.1) is 13.2 Å². The van der Waals surface area contributed by atoms with Crippen LogP contribution in [0.4, 0.5) is 13.2 Å². The van der Waals surface area contributed by atoms with Crippen LogP contribution in [0.25, 0.3) is 0 Å². The Morgan fingerprint density at radius 2 is 2.05 bits per heavy atom. The number of halogens is 3. The zero-order valence-corrected chi connectivity index (χ0v) is 10.7. The van der Waals surface area contributed by atoms with Crippen LogP contribution in [-0.2, 0) is 6.54 Å². The molecule has 108 valence electrons. The molecule has 1 aromatic rings. The van der Waals surface area contributed by atoms with E-state index >= 15 is 0 Å². The molecule has 0 spiro atoms. The van der Waals surface area contributed by atoms with Crippen LogP contribution in [0.3, 0.4) is 0 Å². The van der Waals surface area contributed by atoms with Crippen LogP contribution in [-0.4, -0.2) is 36.9 Å². The van der Waals surface area contributed by atoms with Gasteiger partial charge in [-0.05, 0) is 17.7 Å². The fraction of sp³-hybridized carbons (Fsp3) is 0.462. The van der Waals surface area contributed by atoms with Gasteiger partial charge in [0.25, 0.3) is 0 Å². The van der Waals surface area contributed by atoms with Gasteiger partial charge in [0.1, 0.15) is 11.8 Å². The standard InChI is InChI=1S/C13H14F3N3O/c14-13(15,16)20-12-3-1-10(2-4-12)9-19-6-5-18-8-11(19)7-17/h1-4,11,18H,5-6,8-9H2. The minimum atomic E-state index is -4.67. The fourth-order valence-electron chi connectivity index (χ4n) is 2.09. The van der Waals surface area contributed by atoms with E-state index in [0.717, 1.165) is 18.7 Å². The Bertz CT molecular complexity index is 481. The van der Waals surface area contributed by atoms with E-state index in [1.165, 1.54) is 12.1 Å². The first kappa shape index (κ1) is 14.6. The Balaban J connectivity index is 1.98. The van der Waals surface area contributed by atoms with Gasteiger partial charge in [0.05, 0.1) is 6.07 Å². The van der Waals surface area contributed by atoms with E-state index in [1.54, 1.807) is 12.1 Å². The fourth-order valence-corrected chi connectivity index (χ4v) is 2.09. The molecule has 0 saturated carbocycles. The SMILES string of the molecule is N#CC1CNCCN1Cc1ccc(OC(F)(F)F)cc1. The summed E-state index contributed by atoms with van der Waals surface area (Å²) in [7, 11) is 0. The first-order chi connectivity index (χ1) is 9.48. The minimum absolute atomic E-state index is 0.213. The average Bonchev–Trinajstić information content (AvgIpc) is 2.40. The highest BCUT2D eigenvalue weighted by Crippen LogP contribution is 2.23. The number of nitriles is 1. The highest BCUT2D eigenvalue weighted by atomic mass is 19.4. The molecule has 1 aromatic carbocycles. The normalized spacial score (nSPS) is 20.4. The molecule has 1 aliphatic heterocycles. The Morgan fingerprint density at radius 3 is 2.65 bits per heavy atom. The molecule has 1 fully saturated rings. The van der Waals surface area contributed by atoms with E-state index in [9.17, 15) is 13.2 Å². The molecule has 0 amide bonds. The number of ether oxygens (including phenoxy) is 1. The van der Waals surface area contributed by atoms with Crippen molar-refractivity contribution in [2.75, 3.05) is 19.6 Å². The topological polar surface area (TPSA) is 48.3 Å². The predicted octanol–water partition coefficient (Wildman–Crippen LogP) is 1.88. The van der Waals surface area contributed by atoms with Gasteiger partial charge in [-0.25, -0.2) is 0 Å². The largest absolute Gasteiger partial charge is 0.573 e. The van der Waals surface area contributed by atoms with E-state index in [0.29, 0.717) is 13.1 Å². The molecular weight excluding hydrogens is 271 g/mol. The summed E-state index contributed by atoms with van der Waals surface area (Å²) in [5.41, 5.74) is 0.849. The first-order valence-electron chi connectivity index (χ1n) is 6.17. The second-order valence-electron chi connectivity index (χ2n) is 4.51. The highest BCUT2D eigenvalue weighted by molar-refractivity contribution is 5.27. The van der Waals surface area contributed by atoms with E-state index in [2.05, 4.69) is 16.1 Å². The van der Waals surface area contributed by atoms with Gasteiger partial charge in [-0.1, -0.05) is 12.1 Å². The Labute approximate surface area is 114 Å². The van der Waals surface area contributed by atoms with Gasteiger partial charge >= 0.3 is 6.36 Å². The van der Waals surface area contributed by atoms with Gasteiger partial charge < -0.3 is 10.1 Å². The van der Waals surface area contributed by atoms with Crippen LogP contribution in [0.2, 0.25) is 0 Å². The molecular formula is C13H14F3N3O. The summed E-state index contributed by atoms with van der Waals surface area (Å²) < 4.78 is 39.9. The summed E-state index contributed by atoms with van der Waals surface area (Å²) in [6.45, 7) is 2.67. The second kappa shape index (κ2) is 6.11.